The van der Waals surface area contributed by atoms with Gasteiger partial charge in [0.1, 0.15) is 0 Å². The third-order valence-corrected chi connectivity index (χ3v) is 6.46. The zero-order valence-electron chi connectivity index (χ0n) is 15.5. The minimum Gasteiger partial charge on any atom is -0.394 e. The topological polar surface area (TPSA) is 52.6 Å². The van der Waals surface area contributed by atoms with Gasteiger partial charge in [-0.25, -0.2) is 0 Å². The van der Waals surface area contributed by atoms with Crippen LogP contribution in [0.15, 0.2) is 48.5 Å². The lowest BCUT2D eigenvalue weighted by Gasteiger charge is -2.39. The van der Waals surface area contributed by atoms with Crippen LogP contribution in [0.25, 0.3) is 11.1 Å². The van der Waals surface area contributed by atoms with Gasteiger partial charge in [-0.1, -0.05) is 36.4 Å². The van der Waals surface area contributed by atoms with Crippen molar-refractivity contribution in [3.05, 3.63) is 54.1 Å². The Kier molecular flexibility index (Phi) is 4.16. The summed E-state index contributed by atoms with van der Waals surface area (Å²) in [5.41, 5.74) is 4.63. The number of nitrogens with one attached hydrogen (secondary N) is 1. The highest BCUT2D eigenvalue weighted by Gasteiger charge is 2.46. The number of hydrogen-bond acceptors (Lipinski definition) is 3. The number of aliphatic hydroxyl groups excluding tert-OH is 1. The molecule has 2 aromatic rings. The minimum atomic E-state index is 0.0174. The van der Waals surface area contributed by atoms with Gasteiger partial charge in [0.15, 0.2) is 0 Å². The maximum atomic E-state index is 13.0. The molecule has 1 aliphatic carbocycles. The van der Waals surface area contributed by atoms with E-state index in [2.05, 4.69) is 52.7 Å². The Morgan fingerprint density at radius 3 is 2.63 bits per heavy atom. The highest BCUT2D eigenvalue weighted by molar-refractivity contribution is 5.79. The number of rotatable bonds is 4. The summed E-state index contributed by atoms with van der Waals surface area (Å²) in [4.78, 5) is 15.1. The third kappa shape index (κ3) is 3.02. The first-order chi connectivity index (χ1) is 13.2. The number of amides is 1. The van der Waals surface area contributed by atoms with E-state index in [-0.39, 0.29) is 24.6 Å². The van der Waals surface area contributed by atoms with Gasteiger partial charge < -0.3 is 15.3 Å². The van der Waals surface area contributed by atoms with E-state index in [1.807, 2.05) is 6.07 Å². The van der Waals surface area contributed by atoms with Crippen molar-refractivity contribution < 1.29 is 9.90 Å². The first-order valence-electron chi connectivity index (χ1n) is 10.1. The third-order valence-electron chi connectivity index (χ3n) is 6.46. The monoisotopic (exact) mass is 362 g/mol. The van der Waals surface area contributed by atoms with Crippen molar-refractivity contribution in [2.24, 2.45) is 11.8 Å². The van der Waals surface area contributed by atoms with E-state index in [9.17, 15) is 9.90 Å². The molecular weight excluding hydrogens is 336 g/mol. The van der Waals surface area contributed by atoms with Crippen LogP contribution in [0.4, 0.5) is 5.69 Å². The first-order valence-corrected chi connectivity index (χ1v) is 10.1. The summed E-state index contributed by atoms with van der Waals surface area (Å²) in [7, 11) is 0. The number of carbonyl (C=O) groups excluding carboxylic acids is 1. The minimum absolute atomic E-state index is 0.0174. The predicted molar refractivity (Wildman–Crippen MR) is 106 cm³/mol. The van der Waals surface area contributed by atoms with Crippen molar-refractivity contribution in [3.8, 4) is 11.1 Å². The van der Waals surface area contributed by atoms with Crippen LogP contribution in [0, 0.1) is 11.8 Å². The van der Waals surface area contributed by atoms with Gasteiger partial charge in [-0.05, 0) is 54.0 Å². The highest BCUT2D eigenvalue weighted by Crippen LogP contribution is 2.48. The van der Waals surface area contributed by atoms with Crippen LogP contribution >= 0.6 is 0 Å². The number of likely N-dealkylation sites (tertiary alicyclic amines) is 1. The van der Waals surface area contributed by atoms with E-state index in [0.717, 1.165) is 18.7 Å². The van der Waals surface area contributed by atoms with Gasteiger partial charge in [0.2, 0.25) is 5.91 Å². The van der Waals surface area contributed by atoms with Gasteiger partial charge in [-0.15, -0.1) is 0 Å². The molecule has 4 heteroatoms. The molecule has 4 nitrogen and oxygen atoms in total. The number of anilines is 1. The molecule has 2 fully saturated rings. The van der Waals surface area contributed by atoms with Crippen LogP contribution in [0.1, 0.15) is 37.3 Å². The lowest BCUT2D eigenvalue weighted by molar-refractivity contribution is -0.133. The normalized spacial score (nSPS) is 26.3. The van der Waals surface area contributed by atoms with Crippen LogP contribution < -0.4 is 5.32 Å². The molecule has 0 spiro atoms. The maximum absolute atomic E-state index is 13.0. The SMILES string of the molecule is O=C(CC1CC1)N1CC[C@@H]2[C@H](CO)Nc3ccc(-c4ccccc4)cc3[C@@H]21. The average molecular weight is 362 g/mol. The van der Waals surface area contributed by atoms with Crippen molar-refractivity contribution in [2.75, 3.05) is 18.5 Å². The predicted octanol–water partition coefficient (Wildman–Crippen LogP) is 3.83. The largest absolute Gasteiger partial charge is 0.394 e. The average Bonchev–Trinajstić information content (AvgIpc) is 3.41. The first kappa shape index (κ1) is 16.8. The van der Waals surface area contributed by atoms with Crippen molar-refractivity contribution in [1.82, 2.24) is 4.90 Å². The molecule has 1 saturated heterocycles. The summed E-state index contributed by atoms with van der Waals surface area (Å²) in [5.74, 6) is 1.17. The van der Waals surface area contributed by atoms with E-state index in [1.54, 1.807) is 0 Å². The number of hydrogen-bond donors (Lipinski definition) is 2. The van der Waals surface area contributed by atoms with Gasteiger partial charge >= 0.3 is 0 Å². The second kappa shape index (κ2) is 6.68. The number of aliphatic hydroxyl groups is 1. The summed E-state index contributed by atoms with van der Waals surface area (Å²) in [6.45, 7) is 0.903. The van der Waals surface area contributed by atoms with E-state index >= 15 is 0 Å². The molecule has 2 aromatic carbocycles. The standard InChI is InChI=1S/C23H26N2O2/c26-14-21-18-10-11-25(22(27)12-15-6-7-15)23(18)19-13-17(8-9-20(19)24-21)16-4-2-1-3-5-16/h1-5,8-9,13,15,18,21,23-24,26H,6-7,10-12,14H2/t18-,21+,23-/m1/s1. The van der Waals surface area contributed by atoms with Crippen LogP contribution in [0.5, 0.6) is 0 Å². The number of benzene rings is 2. The van der Waals surface area contributed by atoms with Crippen LogP contribution in [0.3, 0.4) is 0 Å². The Morgan fingerprint density at radius 2 is 1.89 bits per heavy atom. The van der Waals surface area contributed by atoms with Gasteiger partial charge in [0, 0.05) is 24.6 Å². The van der Waals surface area contributed by atoms with Gasteiger partial charge in [0.25, 0.3) is 0 Å². The fraction of sp³-hybridized carbons (Fsp3) is 0.435. The number of fused-ring (bicyclic) bond motifs is 3. The van der Waals surface area contributed by atoms with E-state index in [1.165, 1.54) is 29.5 Å². The smallest absolute Gasteiger partial charge is 0.223 e. The molecule has 27 heavy (non-hydrogen) atoms. The van der Waals surface area contributed by atoms with Crippen LogP contribution in [0.2, 0.25) is 0 Å². The van der Waals surface area contributed by atoms with Crippen molar-refractivity contribution in [1.29, 1.82) is 0 Å². The Labute approximate surface area is 160 Å². The molecule has 1 saturated carbocycles. The van der Waals surface area contributed by atoms with E-state index in [4.69, 9.17) is 0 Å². The molecule has 2 N–H and O–H groups in total. The number of nitrogens with zero attached hydrogens (tertiary/aromatic N) is 1. The summed E-state index contributed by atoms with van der Waals surface area (Å²) in [6, 6.07) is 17.0. The molecule has 0 radical (unpaired) electrons. The van der Waals surface area contributed by atoms with Crippen LogP contribution in [-0.4, -0.2) is 35.1 Å². The highest BCUT2D eigenvalue weighted by atomic mass is 16.3. The molecule has 5 rings (SSSR count). The van der Waals surface area contributed by atoms with Gasteiger partial charge in [-0.3, -0.25) is 4.79 Å². The molecule has 0 bridgehead atoms. The Hall–Kier alpha value is -2.33. The molecule has 140 valence electrons. The van der Waals surface area contributed by atoms with Crippen molar-refractivity contribution in [2.45, 2.75) is 37.8 Å². The second-order valence-corrected chi connectivity index (χ2v) is 8.23. The Bertz CT molecular complexity index is 847. The summed E-state index contributed by atoms with van der Waals surface area (Å²) >= 11 is 0. The van der Waals surface area contributed by atoms with Crippen molar-refractivity contribution >= 4 is 11.6 Å². The molecule has 1 amide bonds. The summed E-state index contributed by atoms with van der Waals surface area (Å²) in [6.07, 6.45) is 4.04. The lowest BCUT2D eigenvalue weighted by atomic mass is 9.82. The van der Waals surface area contributed by atoms with Gasteiger partial charge in [-0.2, -0.15) is 0 Å². The fourth-order valence-corrected chi connectivity index (χ4v) is 4.84. The quantitative estimate of drug-likeness (QED) is 0.869. The molecule has 2 aliphatic heterocycles. The zero-order valence-corrected chi connectivity index (χ0v) is 15.5. The van der Waals surface area contributed by atoms with E-state index in [0.29, 0.717) is 18.2 Å². The van der Waals surface area contributed by atoms with E-state index < -0.39 is 0 Å². The molecule has 0 aromatic heterocycles. The summed E-state index contributed by atoms with van der Waals surface area (Å²) < 4.78 is 0. The zero-order chi connectivity index (χ0) is 18.4. The second-order valence-electron chi connectivity index (χ2n) is 8.23. The molecule has 2 heterocycles. The Balaban J connectivity index is 1.54. The molecular formula is C23H26N2O2. The summed E-state index contributed by atoms with van der Waals surface area (Å²) in [5, 5.41) is 13.4. The van der Waals surface area contributed by atoms with Gasteiger partial charge in [0.05, 0.1) is 18.7 Å². The lowest BCUT2D eigenvalue weighted by Crippen LogP contribution is -2.42. The molecule has 3 atom stereocenters. The van der Waals surface area contributed by atoms with Crippen LogP contribution in [-0.2, 0) is 4.79 Å². The fourth-order valence-electron chi connectivity index (χ4n) is 4.84. The maximum Gasteiger partial charge on any atom is 0.223 e. The molecule has 3 aliphatic rings. The number of carbonyl (C=O) groups is 1. The van der Waals surface area contributed by atoms with Crippen molar-refractivity contribution in [3.63, 3.8) is 0 Å². The molecule has 0 unspecified atom stereocenters. The Morgan fingerprint density at radius 1 is 1.07 bits per heavy atom.